The van der Waals surface area contributed by atoms with E-state index in [1.807, 2.05) is 36.4 Å². The standard InChI is InChI=1S/C33H40N4O8/c1-36-28-21-26(8-7-25-12-15-37(16-13-25)17-18-43-19-20-44-23-30(38)39)9-10-29(28)45-22-27(33(36)42)35-32(41)31(40)34-14-11-24-5-3-2-4-6-24/h2-6,9-10,21,25,27H,11-20,22-23H2,1H3,(H,34,40)(H,35,41)(H,38,39)/t27-/m0/s1. The average Bonchev–Trinajstić information content (AvgIpc) is 3.16. The van der Waals surface area contributed by atoms with Gasteiger partial charge in [0.15, 0.2) is 0 Å². The molecule has 0 spiro atoms. The van der Waals surface area contributed by atoms with Gasteiger partial charge in [-0.05, 0) is 56.1 Å². The Morgan fingerprint density at radius 2 is 1.78 bits per heavy atom. The second-order valence-corrected chi connectivity index (χ2v) is 10.9. The fraction of sp³-hybridized carbons (Fsp3) is 0.455. The van der Waals surface area contributed by atoms with Crippen LogP contribution in [0.4, 0.5) is 5.69 Å². The van der Waals surface area contributed by atoms with Gasteiger partial charge < -0.3 is 39.8 Å². The molecule has 1 atom stereocenters. The van der Waals surface area contributed by atoms with E-state index in [1.165, 1.54) is 4.90 Å². The highest BCUT2D eigenvalue weighted by Crippen LogP contribution is 2.31. The zero-order valence-electron chi connectivity index (χ0n) is 25.5. The molecule has 2 aliphatic heterocycles. The smallest absolute Gasteiger partial charge is 0.329 e. The number of carbonyl (C=O) groups is 4. The van der Waals surface area contributed by atoms with E-state index in [2.05, 4.69) is 27.4 Å². The summed E-state index contributed by atoms with van der Waals surface area (Å²) in [5, 5.41) is 13.6. The van der Waals surface area contributed by atoms with Gasteiger partial charge in [-0.15, -0.1) is 0 Å². The summed E-state index contributed by atoms with van der Waals surface area (Å²) in [5.74, 6) is 4.26. The van der Waals surface area contributed by atoms with Crippen LogP contribution in [0.1, 0.15) is 24.0 Å². The SMILES string of the molecule is CN1C(=O)[C@@H](NC(=O)C(=O)NCCc2ccccc2)COc2ccc(C#CC3CCN(CCOCCOCC(=O)O)CC3)cc21. The van der Waals surface area contributed by atoms with E-state index in [1.54, 1.807) is 19.2 Å². The minimum absolute atomic E-state index is 0.105. The fourth-order valence-electron chi connectivity index (χ4n) is 5.01. The highest BCUT2D eigenvalue weighted by Gasteiger charge is 2.32. The minimum atomic E-state index is -1.02. The summed E-state index contributed by atoms with van der Waals surface area (Å²) in [6, 6.07) is 14.0. The Bertz CT molecular complexity index is 1380. The first-order valence-electron chi connectivity index (χ1n) is 15.1. The van der Waals surface area contributed by atoms with Crippen LogP contribution in [0, 0.1) is 17.8 Å². The predicted octanol–water partition coefficient (Wildman–Crippen LogP) is 1.07. The number of anilines is 1. The van der Waals surface area contributed by atoms with Crippen LogP contribution in [0.15, 0.2) is 48.5 Å². The molecule has 12 heteroatoms. The number of nitrogens with one attached hydrogen (secondary N) is 2. The maximum Gasteiger partial charge on any atom is 0.329 e. The first-order valence-corrected chi connectivity index (χ1v) is 15.1. The lowest BCUT2D eigenvalue weighted by atomic mass is 9.97. The van der Waals surface area contributed by atoms with Crippen LogP contribution in [0.3, 0.4) is 0 Å². The van der Waals surface area contributed by atoms with Crippen LogP contribution in [-0.4, -0.2) is 106 Å². The molecule has 0 aromatic heterocycles. The van der Waals surface area contributed by atoms with E-state index in [0.29, 0.717) is 37.6 Å². The molecule has 2 aliphatic rings. The third-order valence-corrected chi connectivity index (χ3v) is 7.57. The van der Waals surface area contributed by atoms with Crippen molar-refractivity contribution in [3.63, 3.8) is 0 Å². The maximum absolute atomic E-state index is 13.2. The van der Waals surface area contributed by atoms with E-state index in [-0.39, 0.29) is 25.7 Å². The van der Waals surface area contributed by atoms with Crippen molar-refractivity contribution in [3.05, 3.63) is 59.7 Å². The molecular formula is C33H40N4O8. The summed E-state index contributed by atoms with van der Waals surface area (Å²) in [4.78, 5) is 52.2. The molecule has 3 amide bonds. The topological polar surface area (TPSA) is 147 Å². The Morgan fingerprint density at radius 1 is 1.02 bits per heavy atom. The number of carboxylic acid groups (broad SMARTS) is 1. The van der Waals surface area contributed by atoms with E-state index >= 15 is 0 Å². The van der Waals surface area contributed by atoms with Crippen molar-refractivity contribution >= 4 is 29.4 Å². The van der Waals surface area contributed by atoms with Crippen molar-refractivity contribution in [3.8, 4) is 17.6 Å². The molecule has 0 bridgehead atoms. The van der Waals surface area contributed by atoms with Crippen LogP contribution in [0.5, 0.6) is 5.75 Å². The number of amides is 3. The molecule has 4 rings (SSSR count). The van der Waals surface area contributed by atoms with Gasteiger partial charge in [-0.2, -0.15) is 0 Å². The molecule has 0 radical (unpaired) electrons. The zero-order chi connectivity index (χ0) is 32.0. The van der Waals surface area contributed by atoms with Crippen molar-refractivity contribution in [2.75, 3.05) is 71.2 Å². The monoisotopic (exact) mass is 620 g/mol. The lowest BCUT2D eigenvalue weighted by Crippen LogP contribution is -2.53. The largest absolute Gasteiger partial charge is 0.489 e. The molecule has 2 aromatic carbocycles. The average molecular weight is 621 g/mol. The zero-order valence-corrected chi connectivity index (χ0v) is 25.5. The lowest BCUT2D eigenvalue weighted by Gasteiger charge is -2.29. The number of hydrogen-bond donors (Lipinski definition) is 3. The first kappa shape index (κ1) is 33.5. The van der Waals surface area contributed by atoms with E-state index in [9.17, 15) is 19.2 Å². The van der Waals surface area contributed by atoms with Crippen molar-refractivity contribution < 1.29 is 38.5 Å². The second kappa shape index (κ2) is 17.2. The normalized spacial score (nSPS) is 16.9. The maximum atomic E-state index is 13.2. The van der Waals surface area contributed by atoms with Crippen molar-refractivity contribution in [1.29, 1.82) is 0 Å². The summed E-state index contributed by atoms with van der Waals surface area (Å²) >= 11 is 0. The Balaban J connectivity index is 1.21. The minimum Gasteiger partial charge on any atom is -0.489 e. The number of hydrogen-bond acceptors (Lipinski definition) is 8. The number of carbonyl (C=O) groups excluding carboxylic acids is 3. The van der Waals surface area contributed by atoms with Crippen molar-refractivity contribution in [2.45, 2.75) is 25.3 Å². The van der Waals surface area contributed by atoms with Gasteiger partial charge in [0, 0.05) is 31.6 Å². The molecule has 0 saturated carbocycles. The van der Waals surface area contributed by atoms with E-state index < -0.39 is 29.7 Å². The number of piperidine rings is 1. The summed E-state index contributed by atoms with van der Waals surface area (Å²) in [5.41, 5.74) is 2.33. The first-order chi connectivity index (χ1) is 21.8. The molecular weight excluding hydrogens is 580 g/mol. The van der Waals surface area contributed by atoms with Crippen LogP contribution >= 0.6 is 0 Å². The summed E-state index contributed by atoms with van der Waals surface area (Å²) < 4.78 is 16.3. The summed E-state index contributed by atoms with van der Waals surface area (Å²) in [6.07, 6.45) is 2.45. The van der Waals surface area contributed by atoms with Gasteiger partial charge in [-0.1, -0.05) is 42.2 Å². The molecule has 2 heterocycles. The number of likely N-dealkylation sites (N-methyl/N-ethyl adjacent to an activating group) is 1. The van der Waals surface area contributed by atoms with Gasteiger partial charge in [0.1, 0.15) is 25.0 Å². The number of fused-ring (bicyclic) bond motifs is 1. The van der Waals surface area contributed by atoms with Crippen LogP contribution in [0.25, 0.3) is 0 Å². The van der Waals surface area contributed by atoms with Gasteiger partial charge >= 0.3 is 17.8 Å². The van der Waals surface area contributed by atoms with Crippen LogP contribution < -0.4 is 20.3 Å². The van der Waals surface area contributed by atoms with Crippen LogP contribution in [-0.2, 0) is 35.1 Å². The molecule has 0 aliphatic carbocycles. The number of likely N-dealkylation sites (tertiary alicyclic amines) is 1. The van der Waals surface area contributed by atoms with E-state index in [4.69, 9.17) is 19.3 Å². The molecule has 0 unspecified atom stereocenters. The Labute approximate surface area is 263 Å². The third-order valence-electron chi connectivity index (χ3n) is 7.57. The number of ether oxygens (including phenoxy) is 3. The number of rotatable bonds is 12. The van der Waals surface area contributed by atoms with Crippen molar-refractivity contribution in [2.24, 2.45) is 5.92 Å². The molecule has 3 N–H and O–H groups in total. The quantitative estimate of drug-likeness (QED) is 0.180. The number of aliphatic carboxylic acids is 1. The number of carboxylic acids is 1. The van der Waals surface area contributed by atoms with Gasteiger partial charge in [-0.25, -0.2) is 4.79 Å². The van der Waals surface area contributed by atoms with E-state index in [0.717, 1.165) is 43.6 Å². The van der Waals surface area contributed by atoms with Gasteiger partial charge in [0.25, 0.3) is 5.91 Å². The highest BCUT2D eigenvalue weighted by atomic mass is 16.5. The summed E-state index contributed by atoms with van der Waals surface area (Å²) in [7, 11) is 1.61. The second-order valence-electron chi connectivity index (χ2n) is 10.9. The van der Waals surface area contributed by atoms with Gasteiger partial charge in [0.2, 0.25) is 0 Å². The number of nitrogens with zero attached hydrogens (tertiary/aromatic N) is 2. The Kier molecular flexibility index (Phi) is 12.8. The Morgan fingerprint density at radius 3 is 2.53 bits per heavy atom. The van der Waals surface area contributed by atoms with Gasteiger partial charge in [0.05, 0.1) is 25.5 Å². The lowest BCUT2D eigenvalue weighted by molar-refractivity contribution is -0.142. The molecule has 240 valence electrons. The third kappa shape index (κ3) is 10.6. The van der Waals surface area contributed by atoms with Gasteiger partial charge in [-0.3, -0.25) is 14.4 Å². The van der Waals surface area contributed by atoms with Crippen LogP contribution in [0.2, 0.25) is 0 Å². The molecule has 1 fully saturated rings. The Hall–Kier alpha value is -4.44. The molecule has 12 nitrogen and oxygen atoms in total. The fourth-order valence-corrected chi connectivity index (χ4v) is 5.01. The van der Waals surface area contributed by atoms with Crippen molar-refractivity contribution in [1.82, 2.24) is 15.5 Å². The molecule has 1 saturated heterocycles. The predicted molar refractivity (Wildman–Crippen MR) is 166 cm³/mol. The molecule has 2 aromatic rings. The highest BCUT2D eigenvalue weighted by molar-refractivity contribution is 6.35. The molecule has 45 heavy (non-hydrogen) atoms. The summed E-state index contributed by atoms with van der Waals surface area (Å²) in [6.45, 7) is 3.67. The number of benzene rings is 2.